The summed E-state index contributed by atoms with van der Waals surface area (Å²) in [6, 6.07) is 0. The van der Waals surface area contributed by atoms with E-state index in [2.05, 4.69) is 0 Å². The van der Waals surface area contributed by atoms with Crippen LogP contribution in [0.5, 0.6) is 0 Å². The Morgan fingerprint density at radius 2 is 0.600 bits per heavy atom. The minimum Gasteiger partial charge on any atom is -2.00 e. The number of halogens is 3. The van der Waals surface area contributed by atoms with Crippen molar-refractivity contribution in [3.05, 3.63) is 0 Å². The predicted octanol–water partition coefficient (Wildman–Crippen LogP) is -9.11. The van der Waals surface area contributed by atoms with Gasteiger partial charge in [0.05, 0.1) is 0 Å². The molecule has 0 N–H and O–H groups in total. The Hall–Kier alpha value is 1.57. The van der Waals surface area contributed by atoms with E-state index < -0.39 is 0 Å². The van der Waals surface area contributed by atoms with Crippen molar-refractivity contribution >= 4 is 0 Å². The molecule has 0 bridgehead atoms. The second kappa shape index (κ2) is 47.2. The topological polar surface area (TPSA) is 28.5 Å². The van der Waals surface area contributed by atoms with Gasteiger partial charge in [0, 0.05) is 0 Å². The van der Waals surface area contributed by atoms with Crippen LogP contribution in [-0.4, -0.2) is 0 Å². The van der Waals surface area contributed by atoms with Crippen LogP contribution in [-0.2, 0) is 27.9 Å². The van der Waals surface area contributed by atoms with E-state index in [1.165, 1.54) is 0 Å². The zero-order chi connectivity index (χ0) is 0. The first kappa shape index (κ1) is 82.7. The molecule has 0 aromatic heterocycles. The summed E-state index contributed by atoms with van der Waals surface area (Å²) in [5, 5.41) is 0. The van der Waals surface area contributed by atoms with E-state index in [9.17, 15) is 0 Å². The molecule has 0 aromatic carbocycles. The van der Waals surface area contributed by atoms with E-state index in [1.807, 2.05) is 0 Å². The van der Waals surface area contributed by atoms with Gasteiger partial charge in [-0.05, 0) is 0 Å². The molecule has 0 aliphatic rings. The molecule has 0 aliphatic heterocycles. The maximum absolute atomic E-state index is 0. The third-order valence-electron chi connectivity index (χ3n) is 0. The zero-order valence-corrected chi connectivity index (χ0v) is 6.46. The Bertz CT molecular complexity index is 6.85. The van der Waals surface area contributed by atoms with E-state index in [0.29, 0.717) is 0 Å². The first-order valence-corrected chi connectivity index (χ1v) is 0. The van der Waals surface area contributed by atoms with Crippen molar-refractivity contribution in [2.75, 3.05) is 0 Å². The average Bonchev–Trinajstić information content (AvgIpc) is 0. The van der Waals surface area contributed by atoms with Crippen LogP contribution in [0.2, 0.25) is 0 Å². The molecule has 5 heteroatoms. The molecule has 0 amide bonds. The minimum atomic E-state index is 0. The van der Waals surface area contributed by atoms with Crippen LogP contribution in [0.4, 0.5) is 0 Å². The van der Waals surface area contributed by atoms with Crippen molar-refractivity contribution < 1.29 is 65.1 Å². The third-order valence-corrected chi connectivity index (χ3v) is 0. The van der Waals surface area contributed by atoms with Crippen molar-refractivity contribution in [1.82, 2.24) is 0 Å². The molecular weight excluding hydrogens is 215 g/mol. The van der Waals surface area contributed by atoms with Gasteiger partial charge in [-0.15, -0.1) is 0 Å². The van der Waals surface area contributed by atoms with Crippen LogP contribution in [0.1, 0.15) is 0 Å². The van der Waals surface area contributed by atoms with E-state index in [0.717, 1.165) is 0 Å². The van der Waals surface area contributed by atoms with Crippen LogP contribution in [0.25, 0.3) is 0 Å². The molecule has 0 aromatic rings. The Kier molecular flexibility index (Phi) is 780. The van der Waals surface area contributed by atoms with Gasteiger partial charge in [0.2, 0.25) is 0 Å². The molecule has 0 atom stereocenters. The zero-order valence-electron chi connectivity index (χ0n) is 1.99. The molecule has 0 spiro atoms. The van der Waals surface area contributed by atoms with Gasteiger partial charge in [0.1, 0.15) is 0 Å². The maximum Gasteiger partial charge on any atom is 5.00 e. The smallest absolute Gasteiger partial charge is 2.00 e. The van der Waals surface area contributed by atoms with Crippen molar-refractivity contribution in [3.63, 3.8) is 0 Å². The molecule has 0 saturated heterocycles. The summed E-state index contributed by atoms with van der Waals surface area (Å²) >= 11 is 0. The predicted molar refractivity (Wildman–Crippen MR) is 0.686 cm³/mol. The number of hydrogen-bond acceptors (Lipinski definition) is 0. The molecule has 0 saturated carbocycles. The van der Waals surface area contributed by atoms with Crippen LogP contribution >= 0.6 is 0 Å². The molecule has 0 aliphatic carbocycles. The summed E-state index contributed by atoms with van der Waals surface area (Å²) in [4.78, 5) is 0. The van der Waals surface area contributed by atoms with Crippen LogP contribution in [0.3, 0.4) is 0 Å². The quantitative estimate of drug-likeness (QED) is 0.359. The molecule has 0 radical (unpaired) electrons. The molecule has 0 heterocycles. The molecule has 32 valence electrons. The molecule has 0 rings (SSSR count). The van der Waals surface area contributed by atoms with Gasteiger partial charge in [-0.3, -0.25) is 0 Å². The Morgan fingerprint density at radius 3 is 0.600 bits per heavy atom. The monoisotopic (exact) mass is 214 g/mol. The summed E-state index contributed by atoms with van der Waals surface area (Å²) in [5.74, 6) is 0. The molecule has 0 fully saturated rings. The maximum atomic E-state index is 0. The van der Waals surface area contributed by atoms with Gasteiger partial charge in [-0.25, -0.2) is 0 Å². The van der Waals surface area contributed by atoms with E-state index in [-0.39, 0.29) is 65.1 Å². The van der Waals surface area contributed by atoms with Crippen molar-refractivity contribution in [2.45, 2.75) is 0 Å². The van der Waals surface area contributed by atoms with Gasteiger partial charge >= 0.3 is 22.4 Å². The molecule has 0 unspecified atom stereocenters. The molecule has 5 heavy (non-hydrogen) atoms. The fraction of sp³-hybridized carbons (Fsp3) is 0. The fourth-order valence-electron chi connectivity index (χ4n) is 0. The van der Waals surface area contributed by atoms with Crippen molar-refractivity contribution in [3.8, 4) is 0 Å². The van der Waals surface area contributed by atoms with Crippen molar-refractivity contribution in [1.29, 1.82) is 0 Å². The van der Waals surface area contributed by atoms with E-state index in [1.54, 1.807) is 0 Å². The molecular formula is Cl3NbO. The van der Waals surface area contributed by atoms with E-state index in [4.69, 9.17) is 0 Å². The van der Waals surface area contributed by atoms with Gasteiger partial charge < -0.3 is 42.7 Å². The normalized spacial score (nSPS) is 0. The summed E-state index contributed by atoms with van der Waals surface area (Å²) in [7, 11) is 0. The Morgan fingerprint density at radius 1 is 0.600 bits per heavy atom. The first-order chi connectivity index (χ1) is 0. The summed E-state index contributed by atoms with van der Waals surface area (Å²) in [5.41, 5.74) is 0. The third kappa shape index (κ3) is 28.8. The van der Waals surface area contributed by atoms with Crippen molar-refractivity contribution in [2.24, 2.45) is 0 Å². The van der Waals surface area contributed by atoms with Crippen LogP contribution in [0, 0.1) is 0 Å². The second-order valence-electron chi connectivity index (χ2n) is 0. The minimum absolute atomic E-state index is 0. The summed E-state index contributed by atoms with van der Waals surface area (Å²) in [6.07, 6.45) is 0. The second-order valence-corrected chi connectivity index (χ2v) is 0. The van der Waals surface area contributed by atoms with Gasteiger partial charge in [-0.1, -0.05) is 0 Å². The Balaban J connectivity index is 0. The largest absolute Gasteiger partial charge is 5.00 e. The SMILES string of the molecule is [Cl-].[Cl-].[Cl-].[Nb+5].[O-2]. The van der Waals surface area contributed by atoms with Crippen LogP contribution in [0.15, 0.2) is 0 Å². The van der Waals surface area contributed by atoms with Gasteiger partial charge in [-0.2, -0.15) is 0 Å². The summed E-state index contributed by atoms with van der Waals surface area (Å²) in [6.45, 7) is 0. The number of hydrogen-bond donors (Lipinski definition) is 0. The first-order valence-electron chi connectivity index (χ1n) is 0. The van der Waals surface area contributed by atoms with E-state index >= 15 is 0 Å². The van der Waals surface area contributed by atoms with Gasteiger partial charge in [0.15, 0.2) is 0 Å². The fourth-order valence-corrected chi connectivity index (χ4v) is 0. The standard InChI is InChI=1S/3ClH.Nb.O/h3*1H;;/q;;;+5;-2/p-3. The molecule has 1 nitrogen and oxygen atoms in total. The summed E-state index contributed by atoms with van der Waals surface area (Å²) < 4.78 is 0. The van der Waals surface area contributed by atoms with Crippen LogP contribution < -0.4 is 37.2 Å². The van der Waals surface area contributed by atoms with Gasteiger partial charge in [0.25, 0.3) is 0 Å². The Labute approximate surface area is 64.9 Å². The number of rotatable bonds is 0. The average molecular weight is 215 g/mol.